The Labute approximate surface area is 396 Å². The number of ether oxygens (including phenoxy) is 5. The molecule has 0 saturated carbocycles. The number of hydrogen-bond acceptors (Lipinski definition) is 7. The van der Waals surface area contributed by atoms with Crippen LogP contribution in [-0.2, 0) is 61.5 Å². The normalized spacial score (nSPS) is 19.2. The van der Waals surface area contributed by atoms with Crippen molar-refractivity contribution in [1.29, 1.82) is 0 Å². The molecule has 0 aliphatic carbocycles. The Morgan fingerprint density at radius 3 is 1.24 bits per heavy atom. The molecule has 2 saturated heterocycles. The van der Waals surface area contributed by atoms with Gasteiger partial charge in [-0.05, 0) is 40.3 Å². The molecular formula is C58H75NO7. The van der Waals surface area contributed by atoms with Crippen LogP contribution < -0.4 is 0 Å². The molecule has 1 N–H and O–H groups in total. The molecule has 6 aromatic rings. The van der Waals surface area contributed by atoms with Crippen LogP contribution in [0.15, 0.2) is 182 Å². The lowest BCUT2D eigenvalue weighted by atomic mass is 9.93. The van der Waals surface area contributed by atoms with Crippen molar-refractivity contribution in [2.45, 2.75) is 124 Å². The summed E-state index contributed by atoms with van der Waals surface area (Å²) in [4.78, 5) is 13.7. The van der Waals surface area contributed by atoms with Crippen LogP contribution in [0, 0.1) is 0 Å². The molecule has 2 aliphatic heterocycles. The zero-order chi connectivity index (χ0) is 47.8. The molecule has 0 aromatic heterocycles. The summed E-state index contributed by atoms with van der Waals surface area (Å²) in [6.07, 6.45) is -0.976. The summed E-state index contributed by atoms with van der Waals surface area (Å²) in [5, 5.41) is 7.00. The van der Waals surface area contributed by atoms with E-state index in [1.54, 1.807) is 0 Å². The molecule has 6 atom stereocenters. The van der Waals surface area contributed by atoms with Gasteiger partial charge in [-0.1, -0.05) is 224 Å². The number of hydrogen-bond donors (Lipinski definition) is 1. The first-order valence-electron chi connectivity index (χ1n) is 23.7. The van der Waals surface area contributed by atoms with E-state index in [1.807, 2.05) is 163 Å². The molecule has 66 heavy (non-hydrogen) atoms. The van der Waals surface area contributed by atoms with Gasteiger partial charge in [0.2, 0.25) is 5.91 Å². The van der Waals surface area contributed by atoms with E-state index < -0.39 is 6.10 Å². The number of likely N-dealkylation sites (tertiary alicyclic amines) is 1. The highest BCUT2D eigenvalue weighted by atomic mass is 16.6. The van der Waals surface area contributed by atoms with E-state index >= 15 is 0 Å². The molecule has 8 nitrogen and oxygen atoms in total. The summed E-state index contributed by atoms with van der Waals surface area (Å²) in [5.74, 6) is 0.243. The zero-order valence-corrected chi connectivity index (χ0v) is 40.6. The molecule has 354 valence electrons. The van der Waals surface area contributed by atoms with E-state index in [0.717, 1.165) is 29.4 Å². The standard InChI is InChI=1S/C35H38O5.C16H15NO.3C2H6.CH4O/c1-27-33(37-23-29-16-8-3-9-17-29)35(39-25-31-20-12-5-13-21-31)34(38-24-30-18-10-4-11-19-30)32(40-27)26-36-22-28-14-6-2-7-15-28;18-16-11-15(14-9-5-2-6-10-14)17(16)12-13-7-3-1-4-8-13;4*1-2/h2-21,27,32-35H,22-26H2,1H3;1-10,15H,11-12H2;3*1-2H3;2H,1H3/t27-,32+,33-,34+,35+;15-;;;;/m00..../s1. The van der Waals surface area contributed by atoms with E-state index in [9.17, 15) is 4.79 Å². The molecule has 2 aliphatic rings. The smallest absolute Gasteiger partial charge is 0.225 e. The second-order valence-corrected chi connectivity index (χ2v) is 14.8. The number of β-lactam (4-membered cyclic amide) rings is 1. The van der Waals surface area contributed by atoms with Gasteiger partial charge >= 0.3 is 0 Å². The molecule has 2 fully saturated rings. The van der Waals surface area contributed by atoms with Gasteiger partial charge in [-0.25, -0.2) is 0 Å². The Hall–Kier alpha value is -5.45. The second kappa shape index (κ2) is 33.1. The van der Waals surface area contributed by atoms with Crippen LogP contribution in [0.5, 0.6) is 0 Å². The third-order valence-corrected chi connectivity index (χ3v) is 10.6. The molecule has 0 radical (unpaired) electrons. The predicted octanol–water partition coefficient (Wildman–Crippen LogP) is 12.6. The first kappa shape index (κ1) is 54.9. The number of nitrogens with zero attached hydrogens (tertiary/aromatic N) is 1. The van der Waals surface area contributed by atoms with Crippen LogP contribution in [-0.4, -0.2) is 60.2 Å². The van der Waals surface area contributed by atoms with E-state index in [-0.39, 0.29) is 36.4 Å². The number of carbonyl (C=O) groups excluding carboxylic acids is 1. The lowest BCUT2D eigenvalue weighted by Crippen LogP contribution is -2.60. The van der Waals surface area contributed by atoms with Gasteiger partial charge in [0, 0.05) is 13.7 Å². The van der Waals surface area contributed by atoms with Crippen LogP contribution in [0.1, 0.15) is 94.3 Å². The molecule has 0 spiro atoms. The van der Waals surface area contributed by atoms with Crippen LogP contribution in [0.2, 0.25) is 0 Å². The number of benzene rings is 6. The highest BCUT2D eigenvalue weighted by molar-refractivity contribution is 5.83. The molecule has 6 aromatic carbocycles. The highest BCUT2D eigenvalue weighted by Gasteiger charge is 2.47. The molecule has 8 rings (SSSR count). The van der Waals surface area contributed by atoms with Crippen molar-refractivity contribution in [2.75, 3.05) is 13.7 Å². The molecule has 1 amide bonds. The van der Waals surface area contributed by atoms with E-state index in [4.69, 9.17) is 28.8 Å². The van der Waals surface area contributed by atoms with E-state index in [1.165, 1.54) is 11.1 Å². The molecule has 0 unspecified atom stereocenters. The molecule has 8 heteroatoms. The SMILES string of the molecule is CC.CC.CC.CO.C[C@@H]1O[C@H](COCc2ccccc2)[C@@H](OCc2ccccc2)[C@H](OCc2ccccc2)[C@H]1OCc1ccccc1.O=C1C[C@@H](c2ccccc2)N1Cc1ccccc1. The van der Waals surface area contributed by atoms with Gasteiger partial charge in [0.15, 0.2) is 0 Å². The predicted molar refractivity (Wildman–Crippen MR) is 268 cm³/mol. The maximum absolute atomic E-state index is 11.7. The lowest BCUT2D eigenvalue weighted by molar-refractivity contribution is -0.269. The Kier molecular flexibility index (Phi) is 27.5. The zero-order valence-electron chi connectivity index (χ0n) is 40.6. The quantitative estimate of drug-likeness (QED) is 0.0968. The van der Waals surface area contributed by atoms with Gasteiger partial charge in [-0.15, -0.1) is 0 Å². The fourth-order valence-electron chi connectivity index (χ4n) is 7.43. The summed E-state index contributed by atoms with van der Waals surface area (Å²) in [5.41, 5.74) is 6.83. The number of amides is 1. The molecular weight excluding hydrogens is 823 g/mol. The van der Waals surface area contributed by atoms with Gasteiger partial charge < -0.3 is 33.7 Å². The minimum Gasteiger partial charge on any atom is -0.400 e. The van der Waals surface area contributed by atoms with Crippen molar-refractivity contribution >= 4 is 5.91 Å². The van der Waals surface area contributed by atoms with Gasteiger partial charge in [0.1, 0.15) is 24.4 Å². The molecule has 0 bridgehead atoms. The van der Waals surface area contributed by atoms with Crippen LogP contribution >= 0.6 is 0 Å². The van der Waals surface area contributed by atoms with Crippen LogP contribution in [0.3, 0.4) is 0 Å². The first-order chi connectivity index (χ1) is 32.6. The molecule has 2 heterocycles. The fourth-order valence-corrected chi connectivity index (χ4v) is 7.43. The number of rotatable bonds is 16. The number of carbonyl (C=O) groups is 1. The van der Waals surface area contributed by atoms with Crippen LogP contribution in [0.4, 0.5) is 0 Å². The minimum atomic E-state index is -0.392. The van der Waals surface area contributed by atoms with E-state index in [0.29, 0.717) is 46.0 Å². The average molecular weight is 898 g/mol. The second-order valence-electron chi connectivity index (χ2n) is 14.8. The van der Waals surface area contributed by atoms with E-state index in [2.05, 4.69) is 72.8 Å². The average Bonchev–Trinajstić information content (AvgIpc) is 3.40. The summed E-state index contributed by atoms with van der Waals surface area (Å²) in [7, 11) is 1.00. The van der Waals surface area contributed by atoms with Crippen molar-refractivity contribution < 1.29 is 33.6 Å². The third kappa shape index (κ3) is 18.1. The maximum Gasteiger partial charge on any atom is 0.225 e. The Morgan fingerprint density at radius 2 is 0.833 bits per heavy atom. The summed E-state index contributed by atoms with van der Waals surface area (Å²) >= 11 is 0. The number of aliphatic hydroxyl groups is 1. The Bertz CT molecular complexity index is 2060. The number of aliphatic hydroxyl groups excluding tert-OH is 1. The summed E-state index contributed by atoms with van der Waals surface area (Å²) < 4.78 is 32.5. The Morgan fingerprint density at radius 1 is 0.485 bits per heavy atom. The summed E-state index contributed by atoms with van der Waals surface area (Å²) in [6, 6.07) is 61.4. The lowest BCUT2D eigenvalue weighted by Gasteiger charge is -2.45. The largest absolute Gasteiger partial charge is 0.400 e. The highest BCUT2D eigenvalue weighted by Crippen LogP contribution is 2.35. The van der Waals surface area contributed by atoms with Gasteiger partial charge in [0.25, 0.3) is 0 Å². The van der Waals surface area contributed by atoms with Gasteiger partial charge in [0.05, 0.1) is 51.6 Å². The topological polar surface area (TPSA) is 86.7 Å². The monoisotopic (exact) mass is 898 g/mol. The van der Waals surface area contributed by atoms with Crippen molar-refractivity contribution in [3.05, 3.63) is 215 Å². The van der Waals surface area contributed by atoms with Crippen molar-refractivity contribution in [1.82, 2.24) is 4.90 Å². The first-order valence-corrected chi connectivity index (χ1v) is 23.7. The van der Waals surface area contributed by atoms with Crippen molar-refractivity contribution in [3.63, 3.8) is 0 Å². The Balaban J connectivity index is 0.000000369. The van der Waals surface area contributed by atoms with Gasteiger partial charge in [-0.2, -0.15) is 0 Å². The van der Waals surface area contributed by atoms with Gasteiger partial charge in [-0.3, -0.25) is 4.79 Å². The fraction of sp³-hybridized carbons (Fsp3) is 0.362. The van der Waals surface area contributed by atoms with Crippen molar-refractivity contribution in [2.24, 2.45) is 0 Å². The maximum atomic E-state index is 11.7. The van der Waals surface area contributed by atoms with Crippen LogP contribution in [0.25, 0.3) is 0 Å². The third-order valence-electron chi connectivity index (χ3n) is 10.6. The van der Waals surface area contributed by atoms with Crippen molar-refractivity contribution in [3.8, 4) is 0 Å². The minimum absolute atomic E-state index is 0.216. The summed E-state index contributed by atoms with van der Waals surface area (Å²) in [6.45, 7) is 17.0.